The Hall–Kier alpha value is -1.88. The summed E-state index contributed by atoms with van der Waals surface area (Å²) in [5, 5.41) is 3.17. The lowest BCUT2D eigenvalue weighted by molar-refractivity contribution is -0.146. The van der Waals surface area contributed by atoms with Crippen LogP contribution >= 0.6 is 0 Å². The highest BCUT2D eigenvalue weighted by atomic mass is 16.5. The number of benzene rings is 1. The Morgan fingerprint density at radius 2 is 2.05 bits per heavy atom. The van der Waals surface area contributed by atoms with E-state index in [0.717, 1.165) is 11.0 Å². The Morgan fingerprint density at radius 1 is 1.33 bits per heavy atom. The summed E-state index contributed by atoms with van der Waals surface area (Å²) in [5.41, 5.74) is 4.45. The zero-order valence-electron chi connectivity index (χ0n) is 13.1. The summed E-state index contributed by atoms with van der Waals surface area (Å²) in [5.74, 6) is -0.218. The molecule has 1 N–H and O–H groups in total. The van der Waals surface area contributed by atoms with Crippen LogP contribution in [-0.2, 0) is 16.1 Å². The highest BCUT2D eigenvalue weighted by molar-refractivity contribution is 5.79. The zero-order valence-corrected chi connectivity index (χ0v) is 13.1. The molecule has 0 aliphatic rings. The number of nitrogens with zero attached hydrogens (tertiary/aromatic N) is 2. The summed E-state index contributed by atoms with van der Waals surface area (Å²) < 4.78 is 7.13. The van der Waals surface area contributed by atoms with E-state index in [1.54, 1.807) is 6.33 Å². The Labute approximate surface area is 125 Å². The van der Waals surface area contributed by atoms with Crippen molar-refractivity contribution < 1.29 is 9.53 Å². The molecular weight excluding hydrogens is 266 g/mol. The van der Waals surface area contributed by atoms with Crippen LogP contribution in [0.1, 0.15) is 25.0 Å². The number of nitrogens with one attached hydrogen (secondary N) is 1. The summed E-state index contributed by atoms with van der Waals surface area (Å²) in [6.07, 6.45) is 1.78. The van der Waals surface area contributed by atoms with Gasteiger partial charge < -0.3 is 14.6 Å². The van der Waals surface area contributed by atoms with Gasteiger partial charge in [0.2, 0.25) is 0 Å². The standard InChI is InChI=1S/C16H23N3O2/c1-5-17-14(16(20)21-6-2)9-19-10-18-13-7-11(3)12(4)8-15(13)19/h7-8,10,14,17H,5-6,9H2,1-4H3. The summed E-state index contributed by atoms with van der Waals surface area (Å²) in [4.78, 5) is 16.4. The molecule has 0 fully saturated rings. The van der Waals surface area contributed by atoms with Gasteiger partial charge in [0.15, 0.2) is 0 Å². The van der Waals surface area contributed by atoms with Crippen molar-refractivity contribution in [2.24, 2.45) is 0 Å². The zero-order chi connectivity index (χ0) is 15.4. The van der Waals surface area contributed by atoms with E-state index in [9.17, 15) is 4.79 Å². The van der Waals surface area contributed by atoms with Gasteiger partial charge in [0.1, 0.15) is 6.04 Å². The maximum atomic E-state index is 12.0. The molecule has 0 amide bonds. The monoisotopic (exact) mass is 289 g/mol. The van der Waals surface area contributed by atoms with Crippen LogP contribution in [-0.4, -0.2) is 34.7 Å². The minimum atomic E-state index is -0.353. The van der Waals surface area contributed by atoms with Crippen molar-refractivity contribution >= 4 is 17.0 Å². The molecule has 1 aromatic carbocycles. The summed E-state index contributed by atoms with van der Waals surface area (Å²) >= 11 is 0. The van der Waals surface area contributed by atoms with E-state index < -0.39 is 0 Å². The minimum Gasteiger partial charge on any atom is -0.465 e. The fourth-order valence-electron chi connectivity index (χ4n) is 2.37. The van der Waals surface area contributed by atoms with Gasteiger partial charge in [0.25, 0.3) is 0 Å². The number of fused-ring (bicyclic) bond motifs is 1. The van der Waals surface area contributed by atoms with E-state index in [1.165, 1.54) is 11.1 Å². The predicted molar refractivity (Wildman–Crippen MR) is 83.3 cm³/mol. The number of rotatable bonds is 6. The van der Waals surface area contributed by atoms with E-state index in [-0.39, 0.29) is 12.0 Å². The Balaban J connectivity index is 2.28. The van der Waals surface area contributed by atoms with E-state index >= 15 is 0 Å². The average Bonchev–Trinajstić information content (AvgIpc) is 2.81. The van der Waals surface area contributed by atoms with E-state index in [0.29, 0.717) is 19.7 Å². The first-order valence-electron chi connectivity index (χ1n) is 7.38. The second kappa shape index (κ2) is 6.72. The largest absolute Gasteiger partial charge is 0.465 e. The fraction of sp³-hybridized carbons (Fsp3) is 0.500. The van der Waals surface area contributed by atoms with Crippen molar-refractivity contribution in [3.05, 3.63) is 29.6 Å². The topological polar surface area (TPSA) is 56.2 Å². The van der Waals surface area contributed by atoms with Gasteiger partial charge in [0, 0.05) is 0 Å². The number of imidazole rings is 1. The maximum absolute atomic E-state index is 12.0. The number of aromatic nitrogens is 2. The molecule has 114 valence electrons. The highest BCUT2D eigenvalue weighted by Crippen LogP contribution is 2.18. The van der Waals surface area contributed by atoms with E-state index in [4.69, 9.17) is 4.74 Å². The molecule has 1 heterocycles. The van der Waals surface area contributed by atoms with Crippen LogP contribution in [0.5, 0.6) is 0 Å². The lowest BCUT2D eigenvalue weighted by atomic mass is 10.1. The Morgan fingerprint density at radius 3 is 2.71 bits per heavy atom. The lowest BCUT2D eigenvalue weighted by Gasteiger charge is -2.17. The molecule has 1 aromatic heterocycles. The first kappa shape index (κ1) is 15.5. The molecule has 2 aromatic rings. The number of ether oxygens (including phenoxy) is 1. The number of carbonyl (C=O) groups excluding carboxylic acids is 1. The summed E-state index contributed by atoms with van der Waals surface area (Å²) in [6.45, 7) is 9.59. The first-order valence-corrected chi connectivity index (χ1v) is 7.38. The molecule has 5 nitrogen and oxygen atoms in total. The van der Waals surface area contributed by atoms with Crippen molar-refractivity contribution in [1.82, 2.24) is 14.9 Å². The Kier molecular flexibility index (Phi) is 4.96. The lowest BCUT2D eigenvalue weighted by Crippen LogP contribution is -2.41. The van der Waals surface area contributed by atoms with Crippen molar-refractivity contribution in [3.8, 4) is 0 Å². The fourth-order valence-corrected chi connectivity index (χ4v) is 2.37. The van der Waals surface area contributed by atoms with Crippen LogP contribution in [0.2, 0.25) is 0 Å². The second-order valence-electron chi connectivity index (χ2n) is 5.18. The number of likely N-dealkylation sites (N-methyl/N-ethyl adjacent to an activating group) is 1. The molecule has 0 spiro atoms. The molecular formula is C16H23N3O2. The van der Waals surface area contributed by atoms with Crippen molar-refractivity contribution in [2.45, 2.75) is 40.3 Å². The van der Waals surface area contributed by atoms with Crippen molar-refractivity contribution in [1.29, 1.82) is 0 Å². The van der Waals surface area contributed by atoms with Crippen molar-refractivity contribution in [3.63, 3.8) is 0 Å². The van der Waals surface area contributed by atoms with Crippen LogP contribution in [0.15, 0.2) is 18.5 Å². The number of carbonyl (C=O) groups is 1. The molecule has 1 atom stereocenters. The third-order valence-corrected chi connectivity index (χ3v) is 3.64. The van der Waals surface area contributed by atoms with Gasteiger partial charge in [-0.2, -0.15) is 0 Å². The van der Waals surface area contributed by atoms with Crippen LogP contribution in [0.3, 0.4) is 0 Å². The number of esters is 1. The molecule has 0 bridgehead atoms. The summed E-state index contributed by atoms with van der Waals surface area (Å²) in [7, 11) is 0. The quantitative estimate of drug-likeness (QED) is 0.828. The normalized spacial score (nSPS) is 12.6. The molecule has 5 heteroatoms. The van der Waals surface area contributed by atoms with Crippen LogP contribution in [0.4, 0.5) is 0 Å². The molecule has 0 saturated carbocycles. The van der Waals surface area contributed by atoms with Gasteiger partial charge >= 0.3 is 5.97 Å². The Bertz CT molecular complexity index is 634. The number of hydrogen-bond acceptors (Lipinski definition) is 4. The third kappa shape index (κ3) is 3.42. The third-order valence-electron chi connectivity index (χ3n) is 3.64. The van der Waals surface area contributed by atoms with Gasteiger partial charge in [-0.05, 0) is 50.6 Å². The van der Waals surface area contributed by atoms with E-state index in [2.05, 4.69) is 36.3 Å². The number of hydrogen-bond donors (Lipinski definition) is 1. The van der Waals surface area contributed by atoms with Gasteiger partial charge in [-0.3, -0.25) is 4.79 Å². The molecule has 0 aliphatic carbocycles. The molecule has 0 aliphatic heterocycles. The number of aryl methyl sites for hydroxylation is 2. The molecule has 1 unspecified atom stereocenters. The van der Waals surface area contributed by atoms with Crippen LogP contribution in [0, 0.1) is 13.8 Å². The molecule has 0 saturated heterocycles. The molecule has 2 rings (SSSR count). The van der Waals surface area contributed by atoms with Crippen LogP contribution < -0.4 is 5.32 Å². The van der Waals surface area contributed by atoms with Gasteiger partial charge in [-0.1, -0.05) is 6.92 Å². The second-order valence-corrected chi connectivity index (χ2v) is 5.18. The predicted octanol–water partition coefficient (Wildman–Crippen LogP) is 2.19. The minimum absolute atomic E-state index is 0.218. The van der Waals surface area contributed by atoms with Gasteiger partial charge in [-0.15, -0.1) is 0 Å². The highest BCUT2D eigenvalue weighted by Gasteiger charge is 2.20. The van der Waals surface area contributed by atoms with E-state index in [1.807, 2.05) is 18.4 Å². The summed E-state index contributed by atoms with van der Waals surface area (Å²) in [6, 6.07) is 3.84. The molecule has 0 radical (unpaired) electrons. The molecule has 21 heavy (non-hydrogen) atoms. The van der Waals surface area contributed by atoms with Crippen molar-refractivity contribution in [2.75, 3.05) is 13.2 Å². The average molecular weight is 289 g/mol. The SMILES string of the molecule is CCNC(Cn1cnc2cc(C)c(C)cc21)C(=O)OCC. The van der Waals surface area contributed by atoms with Gasteiger partial charge in [-0.25, -0.2) is 4.98 Å². The van der Waals surface area contributed by atoms with Crippen LogP contribution in [0.25, 0.3) is 11.0 Å². The smallest absolute Gasteiger partial charge is 0.324 e. The van der Waals surface area contributed by atoms with Gasteiger partial charge in [0.05, 0.1) is 30.5 Å². The maximum Gasteiger partial charge on any atom is 0.324 e. The first-order chi connectivity index (χ1) is 10.1.